The zero-order valence-corrected chi connectivity index (χ0v) is 11.9. The summed E-state index contributed by atoms with van der Waals surface area (Å²) in [6.07, 6.45) is 1.80. The van der Waals surface area contributed by atoms with Gasteiger partial charge in [0.25, 0.3) is 0 Å². The molecule has 0 aliphatic carbocycles. The number of hydrogen-bond acceptors (Lipinski definition) is 5. The number of ether oxygens (including phenoxy) is 1. The molecule has 0 amide bonds. The standard InChI is InChI=1S/C14H15N3O5/c1-2-10-4-3-5-11(8-10)22-7-6-16-9-12(17(20)21)13(18)15-14(16)19/h3-5,8-9H,2,6-7H2,1H3,(H,15,18,19). The van der Waals surface area contributed by atoms with Crippen molar-refractivity contribution in [3.8, 4) is 5.75 Å². The van der Waals surface area contributed by atoms with E-state index in [0.29, 0.717) is 5.75 Å². The summed E-state index contributed by atoms with van der Waals surface area (Å²) in [7, 11) is 0. The molecule has 0 unspecified atom stereocenters. The van der Waals surface area contributed by atoms with Crippen molar-refractivity contribution in [2.75, 3.05) is 6.61 Å². The minimum absolute atomic E-state index is 0.0901. The normalized spacial score (nSPS) is 10.4. The Hall–Kier alpha value is -2.90. The zero-order chi connectivity index (χ0) is 16.1. The quantitative estimate of drug-likeness (QED) is 0.635. The molecule has 0 aliphatic heterocycles. The Balaban J connectivity index is 2.08. The molecule has 22 heavy (non-hydrogen) atoms. The van der Waals surface area contributed by atoms with E-state index >= 15 is 0 Å². The van der Waals surface area contributed by atoms with Crippen LogP contribution in [0.1, 0.15) is 12.5 Å². The molecule has 0 radical (unpaired) electrons. The average Bonchev–Trinajstić information content (AvgIpc) is 2.49. The van der Waals surface area contributed by atoms with Crippen LogP contribution in [0, 0.1) is 10.1 Å². The molecule has 0 saturated heterocycles. The van der Waals surface area contributed by atoms with Gasteiger partial charge in [-0.1, -0.05) is 19.1 Å². The number of nitrogens with one attached hydrogen (secondary N) is 1. The maximum absolute atomic E-state index is 11.6. The summed E-state index contributed by atoms with van der Waals surface area (Å²) >= 11 is 0. The van der Waals surface area contributed by atoms with Gasteiger partial charge in [-0.15, -0.1) is 0 Å². The molecule has 0 atom stereocenters. The minimum Gasteiger partial charge on any atom is -0.492 e. The van der Waals surface area contributed by atoms with Crippen LogP contribution < -0.4 is 16.0 Å². The predicted octanol–water partition coefficient (Wildman–Crippen LogP) is 1.09. The van der Waals surface area contributed by atoms with E-state index in [9.17, 15) is 19.7 Å². The number of nitro groups is 1. The second-order valence-electron chi connectivity index (χ2n) is 4.57. The lowest BCUT2D eigenvalue weighted by Crippen LogP contribution is -2.32. The highest BCUT2D eigenvalue weighted by Crippen LogP contribution is 2.13. The summed E-state index contributed by atoms with van der Waals surface area (Å²) in [5.41, 5.74) is -1.27. The summed E-state index contributed by atoms with van der Waals surface area (Å²) in [5, 5.41) is 10.7. The molecule has 8 nitrogen and oxygen atoms in total. The summed E-state index contributed by atoms with van der Waals surface area (Å²) in [6, 6.07) is 7.52. The first-order valence-electron chi connectivity index (χ1n) is 6.71. The van der Waals surface area contributed by atoms with E-state index in [-0.39, 0.29) is 13.2 Å². The molecule has 0 spiro atoms. The lowest BCUT2D eigenvalue weighted by molar-refractivity contribution is -0.386. The van der Waals surface area contributed by atoms with Crippen molar-refractivity contribution in [1.82, 2.24) is 9.55 Å². The van der Waals surface area contributed by atoms with Crippen LogP contribution in [0.2, 0.25) is 0 Å². The van der Waals surface area contributed by atoms with Crippen LogP contribution in [-0.2, 0) is 13.0 Å². The molecule has 1 aromatic carbocycles. The van der Waals surface area contributed by atoms with Gasteiger partial charge in [0, 0.05) is 0 Å². The maximum Gasteiger partial charge on any atom is 0.350 e. The Morgan fingerprint density at radius 3 is 2.82 bits per heavy atom. The fourth-order valence-electron chi connectivity index (χ4n) is 1.91. The number of aromatic amines is 1. The molecule has 0 fully saturated rings. The highest BCUT2D eigenvalue weighted by atomic mass is 16.6. The van der Waals surface area contributed by atoms with E-state index in [4.69, 9.17) is 4.74 Å². The van der Waals surface area contributed by atoms with Crippen molar-refractivity contribution in [3.63, 3.8) is 0 Å². The van der Waals surface area contributed by atoms with Gasteiger partial charge in [0.1, 0.15) is 12.4 Å². The third kappa shape index (κ3) is 3.60. The van der Waals surface area contributed by atoms with E-state index in [1.54, 1.807) is 6.07 Å². The molecule has 2 rings (SSSR count). The molecule has 116 valence electrons. The van der Waals surface area contributed by atoms with Crippen LogP contribution in [-0.4, -0.2) is 21.1 Å². The lowest BCUT2D eigenvalue weighted by Gasteiger charge is -2.08. The molecule has 1 heterocycles. The first-order chi connectivity index (χ1) is 10.5. The molecule has 0 aliphatic rings. The van der Waals surface area contributed by atoms with Crippen molar-refractivity contribution in [2.24, 2.45) is 0 Å². The molecule has 0 saturated carbocycles. The minimum atomic E-state index is -1.01. The molecule has 1 N–H and O–H groups in total. The zero-order valence-electron chi connectivity index (χ0n) is 11.9. The van der Waals surface area contributed by atoms with Gasteiger partial charge in [-0.25, -0.2) is 4.79 Å². The summed E-state index contributed by atoms with van der Waals surface area (Å²) in [6.45, 7) is 2.27. The van der Waals surface area contributed by atoms with Gasteiger partial charge in [0.2, 0.25) is 0 Å². The van der Waals surface area contributed by atoms with E-state index < -0.39 is 21.9 Å². The lowest BCUT2D eigenvalue weighted by atomic mass is 10.2. The van der Waals surface area contributed by atoms with E-state index in [0.717, 1.165) is 22.7 Å². The number of H-pyrrole nitrogens is 1. The second-order valence-corrected chi connectivity index (χ2v) is 4.57. The van der Waals surface area contributed by atoms with Crippen molar-refractivity contribution >= 4 is 5.69 Å². The van der Waals surface area contributed by atoms with Crippen LogP contribution in [0.15, 0.2) is 40.1 Å². The van der Waals surface area contributed by atoms with Crippen molar-refractivity contribution in [3.05, 3.63) is 67.0 Å². The number of rotatable bonds is 6. The summed E-state index contributed by atoms with van der Waals surface area (Å²) in [4.78, 5) is 34.6. The molecule has 1 aromatic heterocycles. The van der Waals surface area contributed by atoms with Crippen LogP contribution in [0.5, 0.6) is 5.75 Å². The highest BCUT2D eigenvalue weighted by Gasteiger charge is 2.14. The third-order valence-corrected chi connectivity index (χ3v) is 3.10. The average molecular weight is 305 g/mol. The topological polar surface area (TPSA) is 107 Å². The van der Waals surface area contributed by atoms with Gasteiger partial charge in [0.15, 0.2) is 0 Å². The Morgan fingerprint density at radius 2 is 2.14 bits per heavy atom. The van der Waals surface area contributed by atoms with Crippen LogP contribution in [0.4, 0.5) is 5.69 Å². The number of aryl methyl sites for hydroxylation is 1. The first-order valence-corrected chi connectivity index (χ1v) is 6.71. The fraction of sp³-hybridized carbons (Fsp3) is 0.286. The van der Waals surface area contributed by atoms with Crippen molar-refractivity contribution in [1.29, 1.82) is 0 Å². The molecular weight excluding hydrogens is 290 g/mol. The largest absolute Gasteiger partial charge is 0.492 e. The smallest absolute Gasteiger partial charge is 0.350 e. The Morgan fingerprint density at radius 1 is 1.36 bits per heavy atom. The van der Waals surface area contributed by atoms with Crippen molar-refractivity contribution in [2.45, 2.75) is 19.9 Å². The summed E-state index contributed by atoms with van der Waals surface area (Å²) in [5.74, 6) is 0.659. The highest BCUT2D eigenvalue weighted by molar-refractivity contribution is 5.28. The van der Waals surface area contributed by atoms with E-state index in [2.05, 4.69) is 0 Å². The molecule has 8 heteroatoms. The first kappa shape index (κ1) is 15.5. The third-order valence-electron chi connectivity index (χ3n) is 3.10. The summed E-state index contributed by atoms with van der Waals surface area (Å²) < 4.78 is 6.56. The van der Waals surface area contributed by atoms with E-state index in [1.807, 2.05) is 30.1 Å². The number of aromatic nitrogens is 2. The van der Waals surface area contributed by atoms with Gasteiger partial charge in [-0.3, -0.25) is 24.5 Å². The van der Waals surface area contributed by atoms with Gasteiger partial charge in [0.05, 0.1) is 17.7 Å². The van der Waals surface area contributed by atoms with Crippen LogP contribution >= 0.6 is 0 Å². The monoisotopic (exact) mass is 305 g/mol. The fourth-order valence-corrected chi connectivity index (χ4v) is 1.91. The van der Waals surface area contributed by atoms with Gasteiger partial charge < -0.3 is 4.74 Å². The van der Waals surface area contributed by atoms with Gasteiger partial charge in [-0.2, -0.15) is 0 Å². The predicted molar refractivity (Wildman–Crippen MR) is 79.3 cm³/mol. The SMILES string of the molecule is CCc1cccc(OCCn2cc([N+](=O)[O-])c(=O)[nH]c2=O)c1. The van der Waals surface area contributed by atoms with Crippen LogP contribution in [0.25, 0.3) is 0 Å². The molecule has 0 bridgehead atoms. The number of hydrogen-bond donors (Lipinski definition) is 1. The molecule has 2 aromatic rings. The second kappa shape index (κ2) is 6.70. The van der Waals surface area contributed by atoms with Gasteiger partial charge >= 0.3 is 16.9 Å². The number of nitrogens with zero attached hydrogens (tertiary/aromatic N) is 2. The van der Waals surface area contributed by atoms with E-state index in [1.165, 1.54) is 0 Å². The molecular formula is C14H15N3O5. The maximum atomic E-state index is 11.6. The van der Waals surface area contributed by atoms with Crippen LogP contribution in [0.3, 0.4) is 0 Å². The Bertz CT molecular complexity index is 794. The Labute approximate surface area is 125 Å². The van der Waals surface area contributed by atoms with Gasteiger partial charge in [-0.05, 0) is 24.1 Å². The van der Waals surface area contributed by atoms with Crippen molar-refractivity contribution < 1.29 is 9.66 Å². The Kier molecular flexibility index (Phi) is 4.72. The number of benzene rings is 1.